The van der Waals surface area contributed by atoms with Gasteiger partial charge in [-0.25, -0.2) is 0 Å². The molecule has 0 unspecified atom stereocenters. The average molecular weight is 328 g/mol. The van der Waals surface area contributed by atoms with Crippen LogP contribution in [0.5, 0.6) is 0 Å². The van der Waals surface area contributed by atoms with Crippen LogP contribution in [-0.2, 0) is 14.3 Å². The number of aliphatic hydroxyl groups excluding tert-OH is 1. The van der Waals surface area contributed by atoms with Gasteiger partial charge < -0.3 is 14.6 Å². The molecule has 0 aliphatic carbocycles. The van der Waals surface area contributed by atoms with Crippen LogP contribution in [0.1, 0.15) is 90.4 Å². The molecule has 0 spiro atoms. The number of carbonyl (C=O) groups excluding carboxylic acids is 1. The van der Waals surface area contributed by atoms with E-state index in [-0.39, 0.29) is 12.1 Å². The number of carbonyl (C=O) groups is 1. The van der Waals surface area contributed by atoms with E-state index in [4.69, 9.17) is 4.74 Å². The Balaban J connectivity index is 1.86. The van der Waals surface area contributed by atoms with Gasteiger partial charge in [-0.15, -0.1) is 0 Å². The van der Waals surface area contributed by atoms with E-state index in [1.54, 1.807) is 0 Å². The maximum Gasteiger partial charge on any atom is 0.305 e. The van der Waals surface area contributed by atoms with Gasteiger partial charge in [0.25, 0.3) is 0 Å². The summed E-state index contributed by atoms with van der Waals surface area (Å²) in [4.78, 5) is 11.0. The molecule has 0 aromatic carbocycles. The summed E-state index contributed by atoms with van der Waals surface area (Å²) in [6.07, 6.45) is 14.4. The van der Waals surface area contributed by atoms with Crippen molar-refractivity contribution in [2.75, 3.05) is 7.11 Å². The Bertz CT molecular complexity index is 306. The van der Waals surface area contributed by atoms with Gasteiger partial charge in [0.1, 0.15) is 0 Å². The van der Waals surface area contributed by atoms with Gasteiger partial charge in [-0.2, -0.15) is 0 Å². The lowest BCUT2D eigenvalue weighted by Crippen LogP contribution is -2.11. The molecule has 1 aliphatic rings. The average Bonchev–Trinajstić information content (AvgIpc) is 3.28. The zero-order valence-corrected chi connectivity index (χ0v) is 15.1. The van der Waals surface area contributed by atoms with E-state index in [0.29, 0.717) is 18.6 Å². The van der Waals surface area contributed by atoms with E-state index in [1.807, 2.05) is 0 Å². The molecule has 1 fully saturated rings. The van der Waals surface area contributed by atoms with Crippen LogP contribution in [-0.4, -0.2) is 36.5 Å². The first-order valence-corrected chi connectivity index (χ1v) is 9.57. The predicted octanol–water partition coefficient (Wildman–Crippen LogP) is 4.38. The second-order valence-electron chi connectivity index (χ2n) is 6.83. The SMILES string of the molecule is CCCCCC[C@@H](O)C[C@@H]1O[C@@H]1CCCCCCCC(=O)OC. The molecule has 0 saturated carbocycles. The number of ether oxygens (including phenoxy) is 2. The molecular weight excluding hydrogens is 292 g/mol. The van der Waals surface area contributed by atoms with Gasteiger partial charge in [0, 0.05) is 12.8 Å². The highest BCUT2D eigenvalue weighted by Crippen LogP contribution is 2.32. The second-order valence-corrected chi connectivity index (χ2v) is 6.83. The molecule has 4 nitrogen and oxygen atoms in total. The standard InChI is InChI=1S/C19H36O4/c1-3-4-5-9-12-16(20)15-18-17(23-18)13-10-7-6-8-11-14-19(21)22-2/h16-18,20H,3-15H2,1-2H3/t16-,17-,18+/m1/s1. The zero-order chi connectivity index (χ0) is 16.9. The highest BCUT2D eigenvalue weighted by molar-refractivity contribution is 5.68. The molecule has 3 atom stereocenters. The summed E-state index contributed by atoms with van der Waals surface area (Å²) < 4.78 is 10.3. The minimum atomic E-state index is -0.180. The molecule has 0 bridgehead atoms. The van der Waals surface area contributed by atoms with E-state index < -0.39 is 0 Å². The van der Waals surface area contributed by atoms with Crippen LogP contribution in [0.2, 0.25) is 0 Å². The van der Waals surface area contributed by atoms with Crippen molar-refractivity contribution in [1.29, 1.82) is 0 Å². The number of hydrogen-bond acceptors (Lipinski definition) is 4. The van der Waals surface area contributed by atoms with Crippen molar-refractivity contribution in [3.8, 4) is 0 Å². The summed E-state index contributed by atoms with van der Waals surface area (Å²) in [6.45, 7) is 2.21. The second kappa shape index (κ2) is 12.8. The Hall–Kier alpha value is -0.610. The number of hydrogen-bond donors (Lipinski definition) is 1. The van der Waals surface area contributed by atoms with Gasteiger partial charge in [0.2, 0.25) is 0 Å². The van der Waals surface area contributed by atoms with Crippen molar-refractivity contribution in [2.45, 2.75) is 109 Å². The molecule has 0 aromatic heterocycles. The van der Waals surface area contributed by atoms with Crippen molar-refractivity contribution >= 4 is 5.97 Å². The van der Waals surface area contributed by atoms with Gasteiger partial charge in [0.15, 0.2) is 0 Å². The fraction of sp³-hybridized carbons (Fsp3) is 0.947. The molecule has 1 rings (SSSR count). The monoisotopic (exact) mass is 328 g/mol. The van der Waals surface area contributed by atoms with Gasteiger partial charge in [-0.05, 0) is 19.3 Å². The molecule has 1 saturated heterocycles. The highest BCUT2D eigenvalue weighted by Gasteiger charge is 2.38. The maximum absolute atomic E-state index is 11.0. The van der Waals surface area contributed by atoms with E-state index in [9.17, 15) is 9.90 Å². The van der Waals surface area contributed by atoms with Crippen LogP contribution in [0.4, 0.5) is 0 Å². The molecule has 0 aromatic rings. The largest absolute Gasteiger partial charge is 0.469 e. The van der Waals surface area contributed by atoms with Crippen LogP contribution in [0.25, 0.3) is 0 Å². The Morgan fingerprint density at radius 1 is 1.04 bits per heavy atom. The lowest BCUT2D eigenvalue weighted by Gasteiger charge is -2.08. The molecule has 0 radical (unpaired) electrons. The van der Waals surface area contributed by atoms with Crippen molar-refractivity contribution in [1.82, 2.24) is 0 Å². The van der Waals surface area contributed by atoms with Gasteiger partial charge in [-0.1, -0.05) is 58.3 Å². The number of methoxy groups -OCH3 is 1. The fourth-order valence-electron chi connectivity index (χ4n) is 3.08. The Kier molecular flexibility index (Phi) is 11.3. The van der Waals surface area contributed by atoms with Crippen LogP contribution < -0.4 is 0 Å². The van der Waals surface area contributed by atoms with Gasteiger partial charge in [-0.3, -0.25) is 4.79 Å². The third-order valence-corrected chi connectivity index (χ3v) is 4.68. The smallest absolute Gasteiger partial charge is 0.305 e. The van der Waals surface area contributed by atoms with Crippen molar-refractivity contribution in [3.63, 3.8) is 0 Å². The van der Waals surface area contributed by atoms with E-state index in [1.165, 1.54) is 45.6 Å². The summed E-state index contributed by atoms with van der Waals surface area (Å²) in [5, 5.41) is 9.99. The molecule has 1 aliphatic heterocycles. The van der Waals surface area contributed by atoms with Crippen LogP contribution in [0.15, 0.2) is 0 Å². The van der Waals surface area contributed by atoms with E-state index in [2.05, 4.69) is 11.7 Å². The maximum atomic E-state index is 11.0. The third-order valence-electron chi connectivity index (χ3n) is 4.68. The Morgan fingerprint density at radius 2 is 1.74 bits per heavy atom. The van der Waals surface area contributed by atoms with Crippen LogP contribution in [0, 0.1) is 0 Å². The zero-order valence-electron chi connectivity index (χ0n) is 15.1. The van der Waals surface area contributed by atoms with E-state index >= 15 is 0 Å². The first kappa shape index (κ1) is 20.4. The Labute approximate surface area is 141 Å². The molecule has 136 valence electrons. The van der Waals surface area contributed by atoms with Crippen molar-refractivity contribution in [2.24, 2.45) is 0 Å². The molecule has 0 amide bonds. The normalized spacial score (nSPS) is 21.2. The molecular formula is C19H36O4. The summed E-state index contributed by atoms with van der Waals surface area (Å²) in [5.74, 6) is -0.104. The first-order chi connectivity index (χ1) is 11.2. The molecule has 23 heavy (non-hydrogen) atoms. The molecule has 4 heteroatoms. The van der Waals surface area contributed by atoms with Crippen LogP contribution in [0.3, 0.4) is 0 Å². The first-order valence-electron chi connectivity index (χ1n) is 9.57. The third kappa shape index (κ3) is 10.7. The van der Waals surface area contributed by atoms with Crippen molar-refractivity contribution in [3.05, 3.63) is 0 Å². The number of rotatable bonds is 15. The lowest BCUT2D eigenvalue weighted by atomic mass is 10.0. The number of epoxide rings is 1. The van der Waals surface area contributed by atoms with E-state index in [0.717, 1.165) is 38.5 Å². The van der Waals surface area contributed by atoms with Gasteiger partial charge >= 0.3 is 5.97 Å². The number of unbranched alkanes of at least 4 members (excludes halogenated alkanes) is 7. The minimum absolute atomic E-state index is 0.104. The predicted molar refractivity (Wildman–Crippen MR) is 92.4 cm³/mol. The number of aliphatic hydroxyl groups is 1. The van der Waals surface area contributed by atoms with Crippen LogP contribution >= 0.6 is 0 Å². The summed E-state index contributed by atoms with van der Waals surface area (Å²) in [6, 6.07) is 0. The minimum Gasteiger partial charge on any atom is -0.469 e. The highest BCUT2D eigenvalue weighted by atomic mass is 16.6. The number of esters is 1. The quantitative estimate of drug-likeness (QED) is 0.275. The van der Waals surface area contributed by atoms with Gasteiger partial charge in [0.05, 0.1) is 25.4 Å². The molecule has 1 heterocycles. The summed E-state index contributed by atoms with van der Waals surface area (Å²) in [7, 11) is 1.44. The summed E-state index contributed by atoms with van der Waals surface area (Å²) >= 11 is 0. The topological polar surface area (TPSA) is 59.1 Å². The lowest BCUT2D eigenvalue weighted by molar-refractivity contribution is -0.140. The van der Waals surface area contributed by atoms with Crippen molar-refractivity contribution < 1.29 is 19.4 Å². The molecule has 1 N–H and O–H groups in total. The summed E-state index contributed by atoms with van der Waals surface area (Å²) in [5.41, 5.74) is 0. The fourth-order valence-corrected chi connectivity index (χ4v) is 3.08. The Morgan fingerprint density at radius 3 is 2.48 bits per heavy atom.